The largest absolute Gasteiger partial charge is 0.335 e. The Hall–Kier alpha value is -2.25. The minimum absolute atomic E-state index is 0.0496. The van der Waals surface area contributed by atoms with Gasteiger partial charge in [0.25, 0.3) is 5.91 Å². The van der Waals surface area contributed by atoms with Gasteiger partial charge >= 0.3 is 0 Å². The molecule has 0 bridgehead atoms. The minimum Gasteiger partial charge on any atom is -0.335 e. The number of nitrogens with zero attached hydrogens (tertiary/aromatic N) is 5. The maximum absolute atomic E-state index is 12.8. The zero-order chi connectivity index (χ0) is 17.8. The van der Waals surface area contributed by atoms with Crippen molar-refractivity contribution < 1.29 is 4.79 Å². The number of piperazine rings is 1. The Kier molecular flexibility index (Phi) is 5.26. The molecule has 0 radical (unpaired) electrons. The highest BCUT2D eigenvalue weighted by atomic mass is 16.2. The summed E-state index contributed by atoms with van der Waals surface area (Å²) in [6.45, 7) is 6.16. The van der Waals surface area contributed by atoms with Crippen LogP contribution in [0.25, 0.3) is 0 Å². The van der Waals surface area contributed by atoms with Gasteiger partial charge in [0, 0.05) is 57.9 Å². The van der Waals surface area contributed by atoms with Crippen LogP contribution < -0.4 is 5.32 Å². The molecule has 0 spiro atoms. The number of hydrogen-bond donors (Lipinski definition) is 1. The van der Waals surface area contributed by atoms with Crippen molar-refractivity contribution in [2.45, 2.75) is 25.4 Å². The molecule has 1 N–H and O–H groups in total. The zero-order valence-electron chi connectivity index (χ0n) is 15.0. The average Bonchev–Trinajstić information content (AvgIpc) is 3.20. The van der Waals surface area contributed by atoms with Crippen molar-refractivity contribution in [3.05, 3.63) is 48.0 Å². The molecule has 2 fully saturated rings. The maximum atomic E-state index is 12.8. The van der Waals surface area contributed by atoms with Crippen molar-refractivity contribution in [2.75, 3.05) is 39.3 Å². The lowest BCUT2D eigenvalue weighted by molar-refractivity contribution is 0.0621. The summed E-state index contributed by atoms with van der Waals surface area (Å²) in [5, 5.41) is 7.95. The second kappa shape index (κ2) is 7.97. The van der Waals surface area contributed by atoms with E-state index in [4.69, 9.17) is 0 Å². The van der Waals surface area contributed by atoms with E-state index in [0.717, 1.165) is 58.7 Å². The van der Waals surface area contributed by atoms with Crippen LogP contribution in [0.2, 0.25) is 0 Å². The molecule has 2 aromatic heterocycles. The Labute approximate surface area is 154 Å². The zero-order valence-corrected chi connectivity index (χ0v) is 15.0. The van der Waals surface area contributed by atoms with Gasteiger partial charge in [0.15, 0.2) is 0 Å². The summed E-state index contributed by atoms with van der Waals surface area (Å²) in [4.78, 5) is 21.2. The third kappa shape index (κ3) is 3.94. The van der Waals surface area contributed by atoms with E-state index in [2.05, 4.69) is 26.4 Å². The number of rotatable bonds is 4. The first-order valence-electron chi connectivity index (χ1n) is 9.46. The smallest absolute Gasteiger partial charge is 0.274 e. The van der Waals surface area contributed by atoms with Gasteiger partial charge in [-0.15, -0.1) is 0 Å². The topological polar surface area (TPSA) is 66.3 Å². The van der Waals surface area contributed by atoms with Crippen LogP contribution >= 0.6 is 0 Å². The van der Waals surface area contributed by atoms with E-state index in [1.165, 1.54) is 5.56 Å². The first kappa shape index (κ1) is 17.2. The van der Waals surface area contributed by atoms with E-state index in [1.807, 2.05) is 34.1 Å². The highest BCUT2D eigenvalue weighted by Crippen LogP contribution is 2.17. The summed E-state index contributed by atoms with van der Waals surface area (Å²) < 4.78 is 1.96. The summed E-state index contributed by atoms with van der Waals surface area (Å²) >= 11 is 0. The third-order valence-corrected chi connectivity index (χ3v) is 5.26. The first-order valence-corrected chi connectivity index (χ1v) is 9.46. The number of amides is 1. The molecule has 1 atom stereocenters. The van der Waals surface area contributed by atoms with E-state index in [9.17, 15) is 4.79 Å². The molecule has 0 aliphatic carbocycles. The number of carbonyl (C=O) groups is 1. The van der Waals surface area contributed by atoms with Gasteiger partial charge in [-0.25, -0.2) is 0 Å². The molecule has 4 heterocycles. The van der Waals surface area contributed by atoms with Crippen molar-refractivity contribution in [2.24, 2.45) is 0 Å². The quantitative estimate of drug-likeness (QED) is 0.893. The van der Waals surface area contributed by atoms with Crippen LogP contribution in [0.1, 0.15) is 34.9 Å². The highest BCUT2D eigenvalue weighted by molar-refractivity contribution is 5.92. The van der Waals surface area contributed by atoms with Crippen molar-refractivity contribution in [3.8, 4) is 0 Å². The maximum Gasteiger partial charge on any atom is 0.274 e. The molecule has 138 valence electrons. The van der Waals surface area contributed by atoms with Crippen LogP contribution in [0.4, 0.5) is 0 Å². The van der Waals surface area contributed by atoms with Crippen LogP contribution in [0.3, 0.4) is 0 Å². The average molecular weight is 354 g/mol. The Morgan fingerprint density at radius 3 is 2.85 bits per heavy atom. The van der Waals surface area contributed by atoms with E-state index >= 15 is 0 Å². The van der Waals surface area contributed by atoms with Crippen LogP contribution in [0.5, 0.6) is 0 Å². The molecule has 26 heavy (non-hydrogen) atoms. The predicted octanol–water partition coefficient (Wildman–Crippen LogP) is 1.16. The van der Waals surface area contributed by atoms with Crippen molar-refractivity contribution in [1.29, 1.82) is 0 Å². The molecule has 2 aromatic rings. The fourth-order valence-corrected chi connectivity index (χ4v) is 3.74. The lowest BCUT2D eigenvalue weighted by Gasteiger charge is -2.34. The number of hydrogen-bond acceptors (Lipinski definition) is 5. The lowest BCUT2D eigenvalue weighted by Crippen LogP contribution is -2.48. The Morgan fingerprint density at radius 2 is 2.12 bits per heavy atom. The summed E-state index contributed by atoms with van der Waals surface area (Å²) in [6, 6.07) is 6.28. The molecule has 0 aromatic carbocycles. The van der Waals surface area contributed by atoms with Gasteiger partial charge < -0.3 is 10.2 Å². The van der Waals surface area contributed by atoms with Crippen molar-refractivity contribution in [3.63, 3.8) is 0 Å². The molecule has 7 nitrogen and oxygen atoms in total. The molecule has 2 saturated heterocycles. The van der Waals surface area contributed by atoms with Crippen LogP contribution in [-0.2, 0) is 6.54 Å². The normalized spacial score (nSPS) is 21.7. The van der Waals surface area contributed by atoms with Gasteiger partial charge in [-0.1, -0.05) is 6.07 Å². The van der Waals surface area contributed by atoms with E-state index in [0.29, 0.717) is 11.7 Å². The van der Waals surface area contributed by atoms with Gasteiger partial charge in [0.1, 0.15) is 5.69 Å². The molecule has 2 aliphatic rings. The van der Waals surface area contributed by atoms with Crippen LogP contribution in [-0.4, -0.2) is 69.7 Å². The molecular formula is C19H26N6O. The predicted molar refractivity (Wildman–Crippen MR) is 98.8 cm³/mol. The van der Waals surface area contributed by atoms with Crippen LogP contribution in [0.15, 0.2) is 36.8 Å². The molecule has 0 saturated carbocycles. The molecule has 1 amide bonds. The standard InChI is InChI=1S/C19H26N6O/c26-19(18-5-8-25(22-18)17-4-2-7-21-14-17)24-11-9-23(10-12-24)15-16-3-1-6-20-13-16/h1,3,5-6,8,13,17,21H,2,4,7,9-12,14-15H2. The van der Waals surface area contributed by atoms with E-state index in [1.54, 1.807) is 6.20 Å². The number of pyridine rings is 1. The molecule has 4 rings (SSSR count). The van der Waals surface area contributed by atoms with Gasteiger partial charge in [0.2, 0.25) is 0 Å². The number of nitrogens with one attached hydrogen (secondary N) is 1. The Balaban J connectivity index is 1.31. The van der Waals surface area contributed by atoms with Crippen molar-refractivity contribution >= 4 is 5.91 Å². The Bertz CT molecular complexity index is 717. The summed E-state index contributed by atoms with van der Waals surface area (Å²) in [5.41, 5.74) is 1.78. The number of piperidine rings is 1. The van der Waals surface area contributed by atoms with Crippen molar-refractivity contribution in [1.82, 2.24) is 29.9 Å². The molecule has 7 heteroatoms. The molecule has 2 aliphatic heterocycles. The summed E-state index contributed by atoms with van der Waals surface area (Å²) in [5.74, 6) is 0.0496. The lowest BCUT2D eigenvalue weighted by atomic mass is 10.1. The molecule has 1 unspecified atom stereocenters. The highest BCUT2D eigenvalue weighted by Gasteiger charge is 2.24. The summed E-state index contributed by atoms with van der Waals surface area (Å²) in [7, 11) is 0. The minimum atomic E-state index is 0.0496. The summed E-state index contributed by atoms with van der Waals surface area (Å²) in [6.07, 6.45) is 7.93. The van der Waals surface area contributed by atoms with E-state index in [-0.39, 0.29) is 5.91 Å². The monoisotopic (exact) mass is 354 g/mol. The van der Waals surface area contributed by atoms with Crippen LogP contribution in [0, 0.1) is 0 Å². The van der Waals surface area contributed by atoms with Gasteiger partial charge in [-0.3, -0.25) is 19.4 Å². The van der Waals surface area contributed by atoms with Gasteiger partial charge in [0.05, 0.1) is 6.04 Å². The van der Waals surface area contributed by atoms with Gasteiger partial charge in [-0.2, -0.15) is 5.10 Å². The second-order valence-electron chi connectivity index (χ2n) is 7.11. The fourth-order valence-electron chi connectivity index (χ4n) is 3.74. The van der Waals surface area contributed by atoms with Gasteiger partial charge in [-0.05, 0) is 37.1 Å². The Morgan fingerprint density at radius 1 is 1.23 bits per heavy atom. The third-order valence-electron chi connectivity index (χ3n) is 5.26. The second-order valence-corrected chi connectivity index (χ2v) is 7.11. The van der Waals surface area contributed by atoms with E-state index < -0.39 is 0 Å². The fraction of sp³-hybridized carbons (Fsp3) is 0.526. The number of aromatic nitrogens is 3. The number of carbonyl (C=O) groups excluding carboxylic acids is 1. The molecular weight excluding hydrogens is 328 g/mol. The first-order chi connectivity index (χ1) is 12.8. The SMILES string of the molecule is O=C(c1ccn(C2CCCNC2)n1)N1CCN(Cc2cccnc2)CC1.